The van der Waals surface area contributed by atoms with Crippen molar-refractivity contribution in [3.63, 3.8) is 0 Å². The second-order valence-corrected chi connectivity index (χ2v) is 12.2. The van der Waals surface area contributed by atoms with E-state index in [0.717, 1.165) is 23.2 Å². The predicted molar refractivity (Wildman–Crippen MR) is 148 cm³/mol. The summed E-state index contributed by atoms with van der Waals surface area (Å²) < 4.78 is -0.694. The van der Waals surface area contributed by atoms with Crippen LogP contribution in [-0.2, 0) is 14.4 Å². The van der Waals surface area contributed by atoms with E-state index in [-0.39, 0.29) is 42.0 Å². The highest BCUT2D eigenvalue weighted by Crippen LogP contribution is 2.68. The van der Waals surface area contributed by atoms with Gasteiger partial charge in [-0.2, -0.15) is 0 Å². The van der Waals surface area contributed by atoms with Crippen molar-refractivity contribution in [3.05, 3.63) is 54.6 Å². The SMILES string of the molecule is C=CCN(C)C(=O)[C@@H]1[C@H]2C(=O)N(CCCO)C(C(=O)N(CC=C)c3cc(C)ccc3C)C23S[C@@H]1CC3C. The number of anilines is 1. The second-order valence-electron chi connectivity index (χ2n) is 10.7. The minimum atomic E-state index is -0.719. The van der Waals surface area contributed by atoms with Crippen molar-refractivity contribution in [1.82, 2.24) is 9.80 Å². The van der Waals surface area contributed by atoms with Crippen molar-refractivity contribution in [3.8, 4) is 0 Å². The van der Waals surface area contributed by atoms with Crippen molar-refractivity contribution >= 4 is 35.2 Å². The Bertz CT molecular complexity index is 1110. The molecule has 2 bridgehead atoms. The number of aliphatic hydroxyl groups is 1. The van der Waals surface area contributed by atoms with E-state index in [4.69, 9.17) is 0 Å². The first-order valence-corrected chi connectivity index (χ1v) is 14.0. The molecule has 8 heteroatoms. The molecule has 4 rings (SSSR count). The molecule has 3 fully saturated rings. The molecule has 1 spiro atoms. The summed E-state index contributed by atoms with van der Waals surface area (Å²) in [4.78, 5) is 47.4. The average Bonchev–Trinajstić information content (AvgIpc) is 3.45. The van der Waals surface area contributed by atoms with Gasteiger partial charge in [0.05, 0.1) is 16.6 Å². The first kappa shape index (κ1) is 27.5. The van der Waals surface area contributed by atoms with E-state index < -0.39 is 22.6 Å². The molecule has 1 aromatic carbocycles. The Morgan fingerprint density at radius 2 is 1.92 bits per heavy atom. The fourth-order valence-electron chi connectivity index (χ4n) is 6.69. The number of carbonyl (C=O) groups is 3. The first-order chi connectivity index (χ1) is 17.6. The maximum atomic E-state index is 14.6. The summed E-state index contributed by atoms with van der Waals surface area (Å²) in [6, 6.07) is 5.30. The number of thioether (sulfide) groups is 1. The van der Waals surface area contributed by atoms with Crippen LogP contribution in [0.2, 0.25) is 0 Å². The van der Waals surface area contributed by atoms with Gasteiger partial charge in [0.1, 0.15) is 6.04 Å². The molecule has 7 nitrogen and oxygen atoms in total. The molecule has 0 radical (unpaired) electrons. The monoisotopic (exact) mass is 525 g/mol. The van der Waals surface area contributed by atoms with E-state index in [1.807, 2.05) is 32.0 Å². The maximum Gasteiger partial charge on any atom is 0.251 e. The number of fused-ring (bicyclic) bond motifs is 1. The number of amides is 3. The molecule has 0 aromatic heterocycles. The van der Waals surface area contributed by atoms with Gasteiger partial charge in [-0.1, -0.05) is 31.2 Å². The van der Waals surface area contributed by atoms with Crippen LogP contribution in [0.5, 0.6) is 0 Å². The molecular weight excluding hydrogens is 486 g/mol. The topological polar surface area (TPSA) is 81.2 Å². The number of hydrogen-bond acceptors (Lipinski definition) is 5. The van der Waals surface area contributed by atoms with Crippen molar-refractivity contribution in [2.24, 2.45) is 17.8 Å². The van der Waals surface area contributed by atoms with E-state index in [1.54, 1.807) is 45.7 Å². The number of rotatable bonds is 10. The van der Waals surface area contributed by atoms with Crippen molar-refractivity contribution < 1.29 is 19.5 Å². The number of aryl methyl sites for hydroxylation is 2. The Hall–Kier alpha value is -2.58. The van der Waals surface area contributed by atoms with Crippen LogP contribution in [0.1, 0.15) is 30.9 Å². The summed E-state index contributed by atoms with van der Waals surface area (Å²) in [5.74, 6) is -1.29. The van der Waals surface area contributed by atoms with E-state index in [0.29, 0.717) is 19.5 Å². The van der Waals surface area contributed by atoms with Gasteiger partial charge in [0.25, 0.3) is 5.91 Å². The molecule has 3 unspecified atom stereocenters. The third-order valence-corrected chi connectivity index (χ3v) is 10.4. The Balaban J connectivity index is 1.82. The van der Waals surface area contributed by atoms with Gasteiger partial charge in [0, 0.05) is 44.2 Å². The molecule has 1 aromatic rings. The molecule has 0 saturated carbocycles. The van der Waals surface area contributed by atoms with Gasteiger partial charge < -0.3 is 19.8 Å². The van der Waals surface area contributed by atoms with Crippen molar-refractivity contribution in [2.75, 3.05) is 38.2 Å². The van der Waals surface area contributed by atoms with Gasteiger partial charge >= 0.3 is 0 Å². The zero-order valence-electron chi connectivity index (χ0n) is 22.4. The molecule has 6 atom stereocenters. The van der Waals surface area contributed by atoms with Crippen LogP contribution in [0.4, 0.5) is 5.69 Å². The highest BCUT2D eigenvalue weighted by atomic mass is 32.2. The highest BCUT2D eigenvalue weighted by Gasteiger charge is 2.76. The van der Waals surface area contributed by atoms with Gasteiger partial charge in [-0.05, 0) is 49.8 Å². The van der Waals surface area contributed by atoms with E-state index >= 15 is 0 Å². The number of benzene rings is 1. The number of likely N-dealkylation sites (N-methyl/N-ethyl adjacent to an activating group) is 1. The number of hydrogen-bond donors (Lipinski definition) is 1. The van der Waals surface area contributed by atoms with E-state index in [1.165, 1.54) is 0 Å². The minimum absolute atomic E-state index is 0.00688. The van der Waals surface area contributed by atoms with Gasteiger partial charge in [-0.3, -0.25) is 14.4 Å². The molecule has 200 valence electrons. The quantitative estimate of drug-likeness (QED) is 0.475. The third-order valence-electron chi connectivity index (χ3n) is 8.33. The van der Waals surface area contributed by atoms with Crippen molar-refractivity contribution in [2.45, 2.75) is 49.7 Å². The average molecular weight is 526 g/mol. The van der Waals surface area contributed by atoms with Crippen LogP contribution in [-0.4, -0.2) is 82.0 Å². The number of carbonyl (C=O) groups excluding carboxylic acids is 3. The summed E-state index contributed by atoms with van der Waals surface area (Å²) in [6.07, 6.45) is 4.56. The molecule has 3 heterocycles. The van der Waals surface area contributed by atoms with Crippen LogP contribution in [0.15, 0.2) is 43.5 Å². The molecule has 3 aliphatic rings. The van der Waals surface area contributed by atoms with E-state index in [9.17, 15) is 19.5 Å². The van der Waals surface area contributed by atoms with E-state index in [2.05, 4.69) is 20.1 Å². The van der Waals surface area contributed by atoms with Crippen LogP contribution in [0, 0.1) is 31.6 Å². The van der Waals surface area contributed by atoms with Gasteiger partial charge in [0.2, 0.25) is 11.8 Å². The third kappa shape index (κ3) is 4.32. The Morgan fingerprint density at radius 3 is 2.57 bits per heavy atom. The molecule has 3 saturated heterocycles. The molecular formula is C29H39N3O4S. The number of nitrogens with zero attached hydrogens (tertiary/aromatic N) is 3. The molecule has 37 heavy (non-hydrogen) atoms. The lowest BCUT2D eigenvalue weighted by Crippen LogP contribution is -2.57. The zero-order chi connectivity index (χ0) is 27.1. The Kier molecular flexibility index (Phi) is 7.91. The lowest BCUT2D eigenvalue weighted by molar-refractivity contribution is -0.143. The standard InChI is InChI=1S/C29H39N3O4S/c1-7-12-30(6)26(34)23-22-17-20(5)29(37-22)24(23)27(35)32(14-9-15-33)25(29)28(36)31(13-8-2)21-16-18(3)10-11-19(21)4/h7-8,10-11,16,20,22-25,33H,1-2,9,12-15,17H2,3-6H3/t20?,22-,23+,24+,25?,29?/m1/s1. The van der Waals surface area contributed by atoms with Crippen LogP contribution in [0.25, 0.3) is 0 Å². The highest BCUT2D eigenvalue weighted by molar-refractivity contribution is 8.02. The van der Waals surface area contributed by atoms with Crippen LogP contribution < -0.4 is 4.90 Å². The lowest BCUT2D eigenvalue weighted by atomic mass is 9.65. The summed E-state index contributed by atoms with van der Waals surface area (Å²) >= 11 is 1.67. The molecule has 3 amide bonds. The summed E-state index contributed by atoms with van der Waals surface area (Å²) in [7, 11) is 1.74. The minimum Gasteiger partial charge on any atom is -0.396 e. The molecule has 1 N–H and O–H groups in total. The number of likely N-dealkylation sites (tertiary alicyclic amines) is 1. The van der Waals surface area contributed by atoms with Gasteiger partial charge in [-0.25, -0.2) is 0 Å². The smallest absolute Gasteiger partial charge is 0.251 e. The van der Waals surface area contributed by atoms with Gasteiger partial charge in [-0.15, -0.1) is 24.9 Å². The maximum absolute atomic E-state index is 14.6. The summed E-state index contributed by atoms with van der Waals surface area (Å²) in [5, 5.41) is 9.60. The van der Waals surface area contributed by atoms with Gasteiger partial charge in [0.15, 0.2) is 0 Å². The normalized spacial score (nSPS) is 29.8. The fourth-order valence-corrected chi connectivity index (χ4v) is 9.10. The summed E-state index contributed by atoms with van der Waals surface area (Å²) in [5.41, 5.74) is 2.82. The number of aliphatic hydroxyl groups excluding tert-OH is 1. The predicted octanol–water partition coefficient (Wildman–Crippen LogP) is 3.19. The van der Waals surface area contributed by atoms with Crippen LogP contribution in [0.3, 0.4) is 0 Å². The van der Waals surface area contributed by atoms with Crippen molar-refractivity contribution in [1.29, 1.82) is 0 Å². The lowest BCUT2D eigenvalue weighted by Gasteiger charge is -2.41. The molecule has 3 aliphatic heterocycles. The zero-order valence-corrected chi connectivity index (χ0v) is 23.2. The summed E-state index contributed by atoms with van der Waals surface area (Å²) in [6.45, 7) is 14.7. The fraction of sp³-hybridized carbons (Fsp3) is 0.552. The Morgan fingerprint density at radius 1 is 1.22 bits per heavy atom. The molecule has 0 aliphatic carbocycles. The Labute approximate surface area is 224 Å². The largest absolute Gasteiger partial charge is 0.396 e. The second kappa shape index (κ2) is 10.7. The first-order valence-electron chi connectivity index (χ1n) is 13.1. The van der Waals surface area contributed by atoms with Crippen LogP contribution >= 0.6 is 11.8 Å².